The molecule has 0 saturated heterocycles. The summed E-state index contributed by atoms with van der Waals surface area (Å²) in [7, 11) is 0. The van der Waals surface area contributed by atoms with E-state index in [0.717, 1.165) is 4.47 Å². The lowest BCUT2D eigenvalue weighted by molar-refractivity contribution is 1.13. The lowest BCUT2D eigenvalue weighted by atomic mass is 9.98. The second-order valence-electron chi connectivity index (χ2n) is 4.78. The summed E-state index contributed by atoms with van der Waals surface area (Å²) in [6.45, 7) is 6.42. The lowest BCUT2D eigenvalue weighted by Crippen LogP contribution is -1.97. The third kappa shape index (κ3) is 3.04. The summed E-state index contributed by atoms with van der Waals surface area (Å²) in [6, 6.07) is 13.1. The molecule has 2 rings (SSSR count). The zero-order valence-corrected chi connectivity index (χ0v) is 14.0. The van der Waals surface area contributed by atoms with Crippen LogP contribution in [0.4, 0.5) is 0 Å². The average Bonchev–Trinajstić information content (AvgIpc) is 2.26. The molecule has 0 bridgehead atoms. The first kappa shape index (κ1) is 13.8. The van der Waals surface area contributed by atoms with Crippen molar-refractivity contribution in [3.05, 3.63) is 68.7 Å². The predicted molar refractivity (Wildman–Crippen MR) is 85.6 cm³/mol. The van der Waals surface area contributed by atoms with Crippen LogP contribution in [0.25, 0.3) is 0 Å². The number of alkyl halides is 1. The van der Waals surface area contributed by atoms with Crippen LogP contribution in [0.1, 0.15) is 32.6 Å². The molecule has 2 aromatic rings. The topological polar surface area (TPSA) is 0 Å². The fourth-order valence-corrected chi connectivity index (χ4v) is 3.60. The van der Waals surface area contributed by atoms with Crippen molar-refractivity contribution in [1.82, 2.24) is 0 Å². The molecule has 0 spiro atoms. The third-order valence-electron chi connectivity index (χ3n) is 3.06. The van der Waals surface area contributed by atoms with E-state index in [9.17, 15) is 0 Å². The van der Waals surface area contributed by atoms with Crippen molar-refractivity contribution in [2.45, 2.75) is 25.6 Å². The Balaban J connectivity index is 2.44. The van der Waals surface area contributed by atoms with Gasteiger partial charge in [0.05, 0.1) is 4.83 Å². The van der Waals surface area contributed by atoms with E-state index in [-0.39, 0.29) is 4.83 Å². The summed E-state index contributed by atoms with van der Waals surface area (Å²) in [5.41, 5.74) is 6.52. The molecule has 0 radical (unpaired) electrons. The second-order valence-corrected chi connectivity index (χ2v) is 6.62. The molecule has 18 heavy (non-hydrogen) atoms. The van der Waals surface area contributed by atoms with E-state index in [1.807, 2.05) is 0 Å². The van der Waals surface area contributed by atoms with E-state index in [0.29, 0.717) is 0 Å². The van der Waals surface area contributed by atoms with Gasteiger partial charge in [-0.25, -0.2) is 0 Å². The SMILES string of the molecule is Cc1cc(Br)cc(C(Br)c2ccc(C)cc2C)c1. The Labute approximate surface area is 126 Å². The van der Waals surface area contributed by atoms with Crippen LogP contribution >= 0.6 is 31.9 Å². The minimum atomic E-state index is 0.245. The van der Waals surface area contributed by atoms with Gasteiger partial charge < -0.3 is 0 Å². The van der Waals surface area contributed by atoms with Gasteiger partial charge in [0.1, 0.15) is 0 Å². The Hall–Kier alpha value is -0.600. The van der Waals surface area contributed by atoms with Crippen molar-refractivity contribution in [1.29, 1.82) is 0 Å². The van der Waals surface area contributed by atoms with Gasteiger partial charge in [0, 0.05) is 4.47 Å². The third-order valence-corrected chi connectivity index (χ3v) is 4.54. The van der Waals surface area contributed by atoms with Crippen molar-refractivity contribution in [2.75, 3.05) is 0 Å². The van der Waals surface area contributed by atoms with Crippen LogP contribution in [-0.2, 0) is 0 Å². The van der Waals surface area contributed by atoms with Crippen molar-refractivity contribution < 1.29 is 0 Å². The highest BCUT2D eigenvalue weighted by molar-refractivity contribution is 9.10. The van der Waals surface area contributed by atoms with Gasteiger partial charge in [-0.15, -0.1) is 0 Å². The average molecular weight is 368 g/mol. The Bertz CT molecular complexity index is 553. The molecule has 0 aliphatic rings. The van der Waals surface area contributed by atoms with E-state index >= 15 is 0 Å². The summed E-state index contributed by atoms with van der Waals surface area (Å²) >= 11 is 7.38. The molecular formula is C16H16Br2. The highest BCUT2D eigenvalue weighted by Gasteiger charge is 2.13. The Morgan fingerprint density at radius 1 is 0.889 bits per heavy atom. The van der Waals surface area contributed by atoms with E-state index < -0.39 is 0 Å². The van der Waals surface area contributed by atoms with Crippen LogP contribution in [0.15, 0.2) is 40.9 Å². The molecular weight excluding hydrogens is 352 g/mol. The van der Waals surface area contributed by atoms with Crippen LogP contribution in [0.5, 0.6) is 0 Å². The van der Waals surface area contributed by atoms with Gasteiger partial charge >= 0.3 is 0 Å². The molecule has 0 aliphatic heterocycles. The number of hydrogen-bond donors (Lipinski definition) is 0. The standard InChI is InChI=1S/C16H16Br2/c1-10-4-5-15(12(3)6-10)16(18)13-7-11(2)8-14(17)9-13/h4-9,16H,1-3H3. The first-order valence-electron chi connectivity index (χ1n) is 5.95. The Morgan fingerprint density at radius 3 is 2.22 bits per heavy atom. The molecule has 0 heterocycles. The zero-order chi connectivity index (χ0) is 13.3. The molecule has 1 unspecified atom stereocenters. The first-order valence-corrected chi connectivity index (χ1v) is 7.66. The number of hydrogen-bond acceptors (Lipinski definition) is 0. The predicted octanol–water partition coefficient (Wildman–Crippen LogP) is 5.86. The van der Waals surface area contributed by atoms with Crippen molar-refractivity contribution in [2.24, 2.45) is 0 Å². The van der Waals surface area contributed by atoms with Crippen molar-refractivity contribution >= 4 is 31.9 Å². The van der Waals surface area contributed by atoms with Gasteiger partial charge in [0.15, 0.2) is 0 Å². The van der Waals surface area contributed by atoms with Gasteiger partial charge in [-0.1, -0.05) is 61.7 Å². The van der Waals surface area contributed by atoms with Gasteiger partial charge in [0.25, 0.3) is 0 Å². The number of halogens is 2. The van der Waals surface area contributed by atoms with E-state index in [1.165, 1.54) is 27.8 Å². The van der Waals surface area contributed by atoms with Crippen LogP contribution in [0.2, 0.25) is 0 Å². The number of aryl methyl sites for hydroxylation is 3. The quantitative estimate of drug-likeness (QED) is 0.583. The summed E-state index contributed by atoms with van der Waals surface area (Å²) in [6.07, 6.45) is 0. The van der Waals surface area contributed by atoms with Crippen LogP contribution in [0.3, 0.4) is 0 Å². The monoisotopic (exact) mass is 366 g/mol. The smallest absolute Gasteiger partial charge is 0.0647 e. The fourth-order valence-electron chi connectivity index (χ4n) is 2.20. The molecule has 2 aromatic carbocycles. The molecule has 0 saturated carbocycles. The lowest BCUT2D eigenvalue weighted by Gasteiger charge is -2.15. The fraction of sp³-hybridized carbons (Fsp3) is 0.250. The normalized spacial score (nSPS) is 12.5. The van der Waals surface area contributed by atoms with Crippen LogP contribution in [0, 0.1) is 20.8 Å². The molecule has 0 amide bonds. The van der Waals surface area contributed by atoms with Crippen LogP contribution < -0.4 is 0 Å². The molecule has 0 aromatic heterocycles. The maximum absolute atomic E-state index is 3.82. The molecule has 0 aliphatic carbocycles. The van der Waals surface area contributed by atoms with Gasteiger partial charge in [-0.05, 0) is 55.2 Å². The minimum absolute atomic E-state index is 0.245. The Kier molecular flexibility index (Phi) is 4.29. The number of benzene rings is 2. The van der Waals surface area contributed by atoms with Gasteiger partial charge in [-0.2, -0.15) is 0 Å². The van der Waals surface area contributed by atoms with E-state index in [4.69, 9.17) is 0 Å². The van der Waals surface area contributed by atoms with Gasteiger partial charge in [-0.3, -0.25) is 0 Å². The molecule has 0 N–H and O–H groups in total. The van der Waals surface area contributed by atoms with Crippen molar-refractivity contribution in [3.63, 3.8) is 0 Å². The zero-order valence-electron chi connectivity index (χ0n) is 10.8. The summed E-state index contributed by atoms with van der Waals surface area (Å²) in [5.74, 6) is 0. The maximum Gasteiger partial charge on any atom is 0.0647 e. The molecule has 0 nitrogen and oxygen atoms in total. The molecule has 2 heteroatoms. The molecule has 0 fully saturated rings. The Morgan fingerprint density at radius 2 is 1.61 bits per heavy atom. The highest BCUT2D eigenvalue weighted by atomic mass is 79.9. The van der Waals surface area contributed by atoms with Crippen LogP contribution in [-0.4, -0.2) is 0 Å². The summed E-state index contributed by atoms with van der Waals surface area (Å²) < 4.78 is 1.13. The van der Waals surface area contributed by atoms with E-state index in [1.54, 1.807) is 0 Å². The second kappa shape index (κ2) is 5.58. The highest BCUT2D eigenvalue weighted by Crippen LogP contribution is 2.34. The largest absolute Gasteiger partial charge is 0.0786 e. The summed E-state index contributed by atoms with van der Waals surface area (Å²) in [5, 5.41) is 0. The maximum atomic E-state index is 3.82. The first-order chi connectivity index (χ1) is 8.47. The molecule has 94 valence electrons. The molecule has 1 atom stereocenters. The summed E-state index contributed by atoms with van der Waals surface area (Å²) in [4.78, 5) is 0.245. The van der Waals surface area contributed by atoms with Crippen molar-refractivity contribution in [3.8, 4) is 0 Å². The van der Waals surface area contributed by atoms with E-state index in [2.05, 4.69) is 89.0 Å². The minimum Gasteiger partial charge on any atom is -0.0786 e. The number of rotatable bonds is 2. The van der Waals surface area contributed by atoms with Gasteiger partial charge in [0.2, 0.25) is 0 Å².